The fourth-order valence-electron chi connectivity index (χ4n) is 2.39. The molecule has 0 spiro atoms. The molecule has 4 heteroatoms. The van der Waals surface area contributed by atoms with Crippen molar-refractivity contribution in [1.82, 2.24) is 10.2 Å². The van der Waals surface area contributed by atoms with E-state index in [9.17, 15) is 0 Å². The molecule has 22 heavy (non-hydrogen) atoms. The summed E-state index contributed by atoms with van der Waals surface area (Å²) in [6.45, 7) is 2.80. The van der Waals surface area contributed by atoms with Crippen molar-refractivity contribution in [3.05, 3.63) is 69.2 Å². The largest absolute Gasteiger partial charge is 0.316 e. The Morgan fingerprint density at radius 2 is 1.68 bits per heavy atom. The van der Waals surface area contributed by atoms with Crippen molar-refractivity contribution in [2.45, 2.75) is 19.5 Å². The molecule has 0 unspecified atom stereocenters. The van der Waals surface area contributed by atoms with E-state index in [1.807, 2.05) is 19.2 Å². The SMILES string of the molecule is CNCc1ccc(CN(C)CCc2ccc(Cl)cc2Cl)cc1. The lowest BCUT2D eigenvalue weighted by Gasteiger charge is -2.17. The molecular formula is C18H22Cl2N2. The van der Waals surface area contributed by atoms with Crippen LogP contribution in [0.25, 0.3) is 0 Å². The molecule has 0 aliphatic rings. The van der Waals surface area contributed by atoms with Gasteiger partial charge in [-0.3, -0.25) is 0 Å². The van der Waals surface area contributed by atoms with Gasteiger partial charge in [-0.05, 0) is 49.3 Å². The van der Waals surface area contributed by atoms with E-state index in [0.29, 0.717) is 5.02 Å². The quantitative estimate of drug-likeness (QED) is 0.806. The van der Waals surface area contributed by atoms with Gasteiger partial charge in [-0.1, -0.05) is 53.5 Å². The third kappa shape index (κ3) is 5.29. The standard InChI is InChI=1S/C18H22Cl2N2/c1-21-12-14-3-5-15(6-4-14)13-22(2)10-9-16-7-8-17(19)11-18(16)20/h3-8,11,21H,9-10,12-13H2,1-2H3. The van der Waals surface area contributed by atoms with Gasteiger partial charge in [0.1, 0.15) is 0 Å². The Morgan fingerprint density at radius 3 is 2.32 bits per heavy atom. The van der Waals surface area contributed by atoms with E-state index in [1.54, 1.807) is 6.07 Å². The first-order valence-corrected chi connectivity index (χ1v) is 8.19. The maximum atomic E-state index is 6.21. The Balaban J connectivity index is 1.85. The molecule has 0 saturated carbocycles. The number of nitrogens with one attached hydrogen (secondary N) is 1. The van der Waals surface area contributed by atoms with Gasteiger partial charge in [0.05, 0.1) is 0 Å². The second-order valence-corrected chi connectivity index (χ2v) is 6.41. The second kappa shape index (κ2) is 8.54. The maximum Gasteiger partial charge on any atom is 0.0453 e. The average molecular weight is 337 g/mol. The van der Waals surface area contributed by atoms with Gasteiger partial charge in [0.2, 0.25) is 0 Å². The number of rotatable bonds is 7. The van der Waals surface area contributed by atoms with E-state index in [4.69, 9.17) is 23.2 Å². The van der Waals surface area contributed by atoms with E-state index in [-0.39, 0.29) is 0 Å². The Labute approximate surface area is 143 Å². The van der Waals surface area contributed by atoms with Gasteiger partial charge in [0, 0.05) is 29.7 Å². The third-order valence-corrected chi connectivity index (χ3v) is 4.22. The van der Waals surface area contributed by atoms with Gasteiger partial charge in [-0.25, -0.2) is 0 Å². The number of likely N-dealkylation sites (N-methyl/N-ethyl adjacent to an activating group) is 1. The van der Waals surface area contributed by atoms with Crippen LogP contribution in [0, 0.1) is 0 Å². The summed E-state index contributed by atoms with van der Waals surface area (Å²) in [5.41, 5.74) is 3.77. The van der Waals surface area contributed by atoms with Crippen LogP contribution in [0.2, 0.25) is 10.0 Å². The van der Waals surface area contributed by atoms with Crippen LogP contribution in [0.1, 0.15) is 16.7 Å². The van der Waals surface area contributed by atoms with Crippen LogP contribution < -0.4 is 5.32 Å². The summed E-state index contributed by atoms with van der Waals surface area (Å²) >= 11 is 12.1. The summed E-state index contributed by atoms with van der Waals surface area (Å²) in [6.07, 6.45) is 0.921. The van der Waals surface area contributed by atoms with Crippen molar-refractivity contribution in [1.29, 1.82) is 0 Å². The van der Waals surface area contributed by atoms with E-state index in [2.05, 4.69) is 41.5 Å². The summed E-state index contributed by atoms with van der Waals surface area (Å²) in [7, 11) is 4.09. The molecule has 0 amide bonds. The molecule has 0 aliphatic heterocycles. The van der Waals surface area contributed by atoms with Crippen molar-refractivity contribution in [3.63, 3.8) is 0 Å². The fourth-order valence-corrected chi connectivity index (χ4v) is 2.90. The van der Waals surface area contributed by atoms with E-state index < -0.39 is 0 Å². The predicted molar refractivity (Wildman–Crippen MR) is 95.7 cm³/mol. The molecule has 0 atom stereocenters. The molecule has 118 valence electrons. The first-order chi connectivity index (χ1) is 10.6. The molecule has 1 N–H and O–H groups in total. The molecule has 0 fully saturated rings. The molecule has 0 bridgehead atoms. The molecule has 0 heterocycles. The zero-order valence-electron chi connectivity index (χ0n) is 13.1. The third-order valence-electron chi connectivity index (χ3n) is 3.63. The summed E-state index contributed by atoms with van der Waals surface area (Å²) < 4.78 is 0. The van der Waals surface area contributed by atoms with Crippen molar-refractivity contribution in [2.24, 2.45) is 0 Å². The van der Waals surface area contributed by atoms with Crippen LogP contribution in [0.3, 0.4) is 0 Å². The lowest BCUT2D eigenvalue weighted by Crippen LogP contribution is -2.20. The van der Waals surface area contributed by atoms with Gasteiger partial charge in [-0.2, -0.15) is 0 Å². The predicted octanol–water partition coefficient (Wildman–Crippen LogP) is 4.39. The molecule has 2 aromatic rings. The lowest BCUT2D eigenvalue weighted by molar-refractivity contribution is 0.331. The van der Waals surface area contributed by atoms with Crippen LogP contribution in [0.15, 0.2) is 42.5 Å². The highest BCUT2D eigenvalue weighted by Crippen LogP contribution is 2.21. The van der Waals surface area contributed by atoms with Crippen LogP contribution in [0.5, 0.6) is 0 Å². The molecule has 0 aromatic heterocycles. The Hall–Kier alpha value is -1.06. The number of hydrogen-bond donors (Lipinski definition) is 1. The smallest absolute Gasteiger partial charge is 0.0453 e. The molecule has 0 saturated heterocycles. The number of hydrogen-bond acceptors (Lipinski definition) is 2. The van der Waals surface area contributed by atoms with Gasteiger partial charge >= 0.3 is 0 Å². The van der Waals surface area contributed by atoms with Crippen molar-refractivity contribution in [3.8, 4) is 0 Å². The van der Waals surface area contributed by atoms with Crippen LogP contribution in [-0.2, 0) is 19.5 Å². The normalized spacial score (nSPS) is 11.1. The minimum absolute atomic E-state index is 0.684. The van der Waals surface area contributed by atoms with Gasteiger partial charge in [0.15, 0.2) is 0 Å². The Kier molecular flexibility index (Phi) is 6.71. The first kappa shape index (κ1) is 17.3. The number of halogens is 2. The van der Waals surface area contributed by atoms with E-state index in [0.717, 1.165) is 36.6 Å². The highest BCUT2D eigenvalue weighted by molar-refractivity contribution is 6.35. The van der Waals surface area contributed by atoms with Gasteiger partial charge in [0.25, 0.3) is 0 Å². The maximum absolute atomic E-state index is 6.21. The Bertz CT molecular complexity index is 597. The summed E-state index contributed by atoms with van der Waals surface area (Å²) in [4.78, 5) is 2.30. The van der Waals surface area contributed by atoms with Crippen LogP contribution >= 0.6 is 23.2 Å². The summed E-state index contributed by atoms with van der Waals surface area (Å²) in [5.74, 6) is 0. The second-order valence-electron chi connectivity index (χ2n) is 5.57. The molecule has 0 aliphatic carbocycles. The molecule has 2 aromatic carbocycles. The van der Waals surface area contributed by atoms with Crippen molar-refractivity contribution in [2.75, 3.05) is 20.6 Å². The highest BCUT2D eigenvalue weighted by Gasteiger charge is 2.05. The van der Waals surface area contributed by atoms with Gasteiger partial charge < -0.3 is 10.2 Å². The lowest BCUT2D eigenvalue weighted by atomic mass is 10.1. The van der Waals surface area contributed by atoms with Crippen LogP contribution in [-0.4, -0.2) is 25.5 Å². The zero-order chi connectivity index (χ0) is 15.9. The number of nitrogens with zero attached hydrogens (tertiary/aromatic N) is 1. The molecule has 2 nitrogen and oxygen atoms in total. The van der Waals surface area contributed by atoms with E-state index in [1.165, 1.54) is 11.1 Å². The fraction of sp³-hybridized carbons (Fsp3) is 0.333. The summed E-state index contributed by atoms with van der Waals surface area (Å²) in [5, 5.41) is 4.59. The van der Waals surface area contributed by atoms with Crippen molar-refractivity contribution >= 4 is 23.2 Å². The average Bonchev–Trinajstić information content (AvgIpc) is 2.49. The van der Waals surface area contributed by atoms with Gasteiger partial charge in [-0.15, -0.1) is 0 Å². The molecule has 2 rings (SSSR count). The van der Waals surface area contributed by atoms with Crippen LogP contribution in [0.4, 0.5) is 0 Å². The number of benzene rings is 2. The monoisotopic (exact) mass is 336 g/mol. The zero-order valence-corrected chi connectivity index (χ0v) is 14.6. The Morgan fingerprint density at radius 1 is 1.00 bits per heavy atom. The topological polar surface area (TPSA) is 15.3 Å². The van der Waals surface area contributed by atoms with Crippen molar-refractivity contribution < 1.29 is 0 Å². The minimum Gasteiger partial charge on any atom is -0.316 e. The molecular weight excluding hydrogens is 315 g/mol. The molecule has 0 radical (unpaired) electrons. The highest BCUT2D eigenvalue weighted by atomic mass is 35.5. The minimum atomic E-state index is 0.684. The summed E-state index contributed by atoms with van der Waals surface area (Å²) in [6, 6.07) is 14.4. The first-order valence-electron chi connectivity index (χ1n) is 7.43. The van der Waals surface area contributed by atoms with E-state index >= 15 is 0 Å².